The third-order valence-corrected chi connectivity index (χ3v) is 8.21. The molecule has 1 heterocycles. The van der Waals surface area contributed by atoms with Crippen molar-refractivity contribution < 1.29 is 22.7 Å². The maximum absolute atomic E-state index is 13.0. The van der Waals surface area contributed by atoms with Crippen molar-refractivity contribution in [3.8, 4) is 0 Å². The Morgan fingerprint density at radius 2 is 1.71 bits per heavy atom. The average molecular weight is 513 g/mol. The number of fused-ring (bicyclic) bond motifs is 1. The van der Waals surface area contributed by atoms with Crippen LogP contribution in [-0.2, 0) is 34.1 Å². The van der Waals surface area contributed by atoms with Gasteiger partial charge in [0.05, 0.1) is 30.7 Å². The predicted octanol–water partition coefficient (Wildman–Crippen LogP) is 5.02. The molecule has 2 aromatic carbocycles. The van der Waals surface area contributed by atoms with Gasteiger partial charge in [-0.15, -0.1) is 11.3 Å². The van der Waals surface area contributed by atoms with Crippen molar-refractivity contribution in [2.75, 3.05) is 22.5 Å². The van der Waals surface area contributed by atoms with Crippen molar-refractivity contribution in [3.63, 3.8) is 0 Å². The first-order valence-corrected chi connectivity index (χ1v) is 14.2. The Bertz CT molecular complexity index is 1320. The van der Waals surface area contributed by atoms with Gasteiger partial charge < -0.3 is 10.1 Å². The largest absolute Gasteiger partial charge is 0.462 e. The van der Waals surface area contributed by atoms with Crippen molar-refractivity contribution in [1.82, 2.24) is 0 Å². The quantitative estimate of drug-likeness (QED) is 0.428. The molecule has 3 aromatic rings. The molecule has 0 bridgehead atoms. The second-order valence-corrected chi connectivity index (χ2v) is 11.4. The molecule has 9 heteroatoms. The van der Waals surface area contributed by atoms with Gasteiger partial charge in [-0.3, -0.25) is 9.10 Å². The van der Waals surface area contributed by atoms with E-state index in [0.717, 1.165) is 47.9 Å². The first-order chi connectivity index (χ1) is 16.8. The Labute approximate surface area is 209 Å². The molecule has 184 valence electrons. The first-order valence-electron chi connectivity index (χ1n) is 11.5. The minimum Gasteiger partial charge on any atom is -0.462 e. The van der Waals surface area contributed by atoms with Crippen LogP contribution in [0.5, 0.6) is 0 Å². The van der Waals surface area contributed by atoms with Crippen LogP contribution in [0.3, 0.4) is 0 Å². The molecule has 0 fully saturated rings. The fraction of sp³-hybridized carbons (Fsp3) is 0.308. The van der Waals surface area contributed by atoms with E-state index in [0.29, 0.717) is 21.8 Å². The Hall–Kier alpha value is -3.17. The number of nitrogens with one attached hydrogen (secondary N) is 1. The van der Waals surface area contributed by atoms with Gasteiger partial charge >= 0.3 is 5.97 Å². The van der Waals surface area contributed by atoms with Crippen LogP contribution < -0.4 is 9.62 Å². The van der Waals surface area contributed by atoms with Crippen molar-refractivity contribution in [2.24, 2.45) is 0 Å². The normalized spacial score (nSPS) is 13.1. The molecule has 1 N–H and O–H groups in total. The lowest BCUT2D eigenvalue weighted by Gasteiger charge is -2.22. The summed E-state index contributed by atoms with van der Waals surface area (Å²) in [5.74, 6) is -0.781. The van der Waals surface area contributed by atoms with E-state index in [1.54, 1.807) is 31.2 Å². The molecule has 0 saturated heterocycles. The predicted molar refractivity (Wildman–Crippen MR) is 139 cm³/mol. The summed E-state index contributed by atoms with van der Waals surface area (Å²) in [5.41, 5.74) is 3.13. The maximum atomic E-state index is 13.0. The van der Waals surface area contributed by atoms with Crippen LogP contribution >= 0.6 is 11.3 Å². The van der Waals surface area contributed by atoms with Gasteiger partial charge in [0, 0.05) is 10.4 Å². The summed E-state index contributed by atoms with van der Waals surface area (Å²) in [6.07, 6.45) is 4.91. The number of amides is 1. The zero-order chi connectivity index (χ0) is 25.0. The highest BCUT2D eigenvalue weighted by atomic mass is 32.2. The minimum atomic E-state index is -3.54. The van der Waals surface area contributed by atoms with E-state index >= 15 is 0 Å². The van der Waals surface area contributed by atoms with Crippen molar-refractivity contribution >= 4 is 43.9 Å². The maximum Gasteiger partial charge on any atom is 0.341 e. The number of ether oxygens (including phenoxy) is 1. The smallest absolute Gasteiger partial charge is 0.341 e. The lowest BCUT2D eigenvalue weighted by atomic mass is 9.95. The lowest BCUT2D eigenvalue weighted by Crippen LogP contribution is -2.29. The number of esters is 1. The van der Waals surface area contributed by atoms with Gasteiger partial charge in [-0.1, -0.05) is 30.3 Å². The van der Waals surface area contributed by atoms with E-state index in [4.69, 9.17) is 4.74 Å². The molecule has 0 unspecified atom stereocenters. The van der Waals surface area contributed by atoms with Gasteiger partial charge in [0.25, 0.3) is 5.91 Å². The fourth-order valence-electron chi connectivity index (χ4n) is 4.18. The van der Waals surface area contributed by atoms with Gasteiger partial charge in [-0.25, -0.2) is 13.2 Å². The van der Waals surface area contributed by atoms with Gasteiger partial charge in [-0.2, -0.15) is 0 Å². The molecular weight excluding hydrogens is 484 g/mol. The SMILES string of the molecule is CCOC(=O)c1c(NC(=O)c2ccc(N(Cc3ccccc3)S(C)(=O)=O)cc2)sc2c1CCCC2. The average Bonchev–Trinajstić information content (AvgIpc) is 3.20. The molecule has 1 amide bonds. The summed E-state index contributed by atoms with van der Waals surface area (Å²) in [6, 6.07) is 15.7. The summed E-state index contributed by atoms with van der Waals surface area (Å²) in [7, 11) is -3.54. The summed E-state index contributed by atoms with van der Waals surface area (Å²) in [5, 5.41) is 3.39. The molecule has 1 aromatic heterocycles. The number of aryl methyl sites for hydroxylation is 1. The molecule has 7 nitrogen and oxygen atoms in total. The van der Waals surface area contributed by atoms with Crippen LogP contribution in [0.1, 0.15) is 56.5 Å². The standard InChI is InChI=1S/C26H28N2O5S2/c1-3-33-26(30)23-21-11-7-8-12-22(21)34-25(23)27-24(29)19-13-15-20(16-14-19)28(35(2,31)32)17-18-9-5-4-6-10-18/h4-6,9-10,13-16H,3,7-8,11-12,17H2,1-2H3,(H,27,29). The highest BCUT2D eigenvalue weighted by Gasteiger charge is 2.27. The topological polar surface area (TPSA) is 92.8 Å². The third kappa shape index (κ3) is 5.74. The number of carbonyl (C=O) groups is 2. The van der Waals surface area contributed by atoms with Crippen LogP contribution in [0.2, 0.25) is 0 Å². The first kappa shape index (κ1) is 24.9. The Morgan fingerprint density at radius 3 is 2.37 bits per heavy atom. The summed E-state index contributed by atoms with van der Waals surface area (Å²) in [6.45, 7) is 2.21. The van der Waals surface area contributed by atoms with E-state index in [1.807, 2.05) is 30.3 Å². The van der Waals surface area contributed by atoms with Gasteiger partial charge in [-0.05, 0) is 68.0 Å². The number of sulfonamides is 1. The number of carbonyl (C=O) groups excluding carboxylic acids is 2. The van der Waals surface area contributed by atoms with E-state index in [9.17, 15) is 18.0 Å². The zero-order valence-electron chi connectivity index (χ0n) is 19.7. The minimum absolute atomic E-state index is 0.189. The van der Waals surface area contributed by atoms with Crippen LogP contribution in [0, 0.1) is 0 Å². The number of anilines is 2. The van der Waals surface area contributed by atoms with Gasteiger partial charge in [0.1, 0.15) is 5.00 Å². The number of benzene rings is 2. The van der Waals surface area contributed by atoms with E-state index in [-0.39, 0.29) is 19.1 Å². The number of rotatable bonds is 8. The molecule has 1 aliphatic rings. The highest BCUT2D eigenvalue weighted by Crippen LogP contribution is 2.39. The summed E-state index contributed by atoms with van der Waals surface area (Å²) in [4.78, 5) is 26.8. The van der Waals surface area contributed by atoms with Crippen molar-refractivity contribution in [1.29, 1.82) is 0 Å². The summed E-state index contributed by atoms with van der Waals surface area (Å²) >= 11 is 1.43. The van der Waals surface area contributed by atoms with Crippen LogP contribution in [-0.4, -0.2) is 33.2 Å². The van der Waals surface area contributed by atoms with Crippen LogP contribution in [0.15, 0.2) is 54.6 Å². The zero-order valence-corrected chi connectivity index (χ0v) is 21.4. The molecule has 1 aliphatic carbocycles. The van der Waals surface area contributed by atoms with E-state index < -0.39 is 16.0 Å². The Balaban J connectivity index is 1.57. The highest BCUT2D eigenvalue weighted by molar-refractivity contribution is 7.92. The fourth-order valence-corrected chi connectivity index (χ4v) is 6.34. The summed E-state index contributed by atoms with van der Waals surface area (Å²) < 4.78 is 31.5. The molecule has 0 aliphatic heterocycles. The molecule has 0 saturated carbocycles. The van der Waals surface area contributed by atoms with E-state index in [2.05, 4.69) is 5.32 Å². The second-order valence-electron chi connectivity index (χ2n) is 8.39. The number of hydrogen-bond donors (Lipinski definition) is 1. The molecule has 0 atom stereocenters. The van der Waals surface area contributed by atoms with Crippen molar-refractivity contribution in [2.45, 2.75) is 39.2 Å². The van der Waals surface area contributed by atoms with Crippen LogP contribution in [0.4, 0.5) is 10.7 Å². The third-order valence-electron chi connectivity index (χ3n) is 5.86. The molecule has 4 rings (SSSR count). The number of hydrogen-bond acceptors (Lipinski definition) is 6. The van der Waals surface area contributed by atoms with E-state index in [1.165, 1.54) is 15.6 Å². The van der Waals surface area contributed by atoms with Crippen LogP contribution in [0.25, 0.3) is 0 Å². The molecular formula is C26H28N2O5S2. The number of thiophene rings is 1. The van der Waals surface area contributed by atoms with Gasteiger partial charge in [0.15, 0.2) is 0 Å². The molecule has 35 heavy (non-hydrogen) atoms. The second kappa shape index (κ2) is 10.6. The Morgan fingerprint density at radius 1 is 1.03 bits per heavy atom. The molecule has 0 radical (unpaired) electrons. The Kier molecular flexibility index (Phi) is 7.57. The monoisotopic (exact) mass is 512 g/mol. The molecule has 0 spiro atoms. The number of nitrogens with zero attached hydrogens (tertiary/aromatic N) is 1. The van der Waals surface area contributed by atoms with Crippen molar-refractivity contribution in [3.05, 3.63) is 81.7 Å². The lowest BCUT2D eigenvalue weighted by molar-refractivity contribution is 0.0526. The van der Waals surface area contributed by atoms with Gasteiger partial charge in [0.2, 0.25) is 10.0 Å².